The zero-order valence-corrected chi connectivity index (χ0v) is 55.1. The van der Waals surface area contributed by atoms with Gasteiger partial charge < -0.3 is 68.7 Å². The van der Waals surface area contributed by atoms with Crippen LogP contribution in [0.25, 0.3) is 0 Å². The molecule has 0 spiro atoms. The number of piperidine rings is 1. The number of Topliss-reactive ketones (excluding diaryl/α,β-unsaturated/α-hetero) is 1. The maximum Gasteiger partial charge on any atom is 0.415 e. The molecular formula is C72H85N7O17. The summed E-state index contributed by atoms with van der Waals surface area (Å²) in [4.78, 5) is 147. The van der Waals surface area contributed by atoms with Gasteiger partial charge in [0, 0.05) is 65.6 Å². The molecule has 7 amide bonds. The molecule has 5 aromatic rings. The van der Waals surface area contributed by atoms with Gasteiger partial charge in [0.05, 0.1) is 39.4 Å². The summed E-state index contributed by atoms with van der Waals surface area (Å²) in [5, 5.41) is 8.46. The van der Waals surface area contributed by atoms with Crippen LogP contribution in [0.2, 0.25) is 0 Å². The van der Waals surface area contributed by atoms with E-state index in [0.29, 0.717) is 73.8 Å². The minimum Gasteiger partial charge on any atom is -0.493 e. The number of aryl methyl sites for hydroxylation is 1. The fourth-order valence-corrected chi connectivity index (χ4v) is 11.3. The van der Waals surface area contributed by atoms with Gasteiger partial charge in [0.2, 0.25) is 29.4 Å². The van der Waals surface area contributed by atoms with E-state index in [-0.39, 0.29) is 63.1 Å². The van der Waals surface area contributed by atoms with Gasteiger partial charge in [0.25, 0.3) is 11.8 Å². The number of hydrogen-bond donors (Lipinski definition) is 3. The van der Waals surface area contributed by atoms with Crippen LogP contribution in [0.15, 0.2) is 140 Å². The zero-order valence-electron chi connectivity index (χ0n) is 55.1. The number of carbonyl (C=O) groups is 10. The number of hydrogen-bond acceptors (Lipinski definition) is 17. The van der Waals surface area contributed by atoms with Crippen LogP contribution in [-0.2, 0) is 83.0 Å². The van der Waals surface area contributed by atoms with Crippen LogP contribution in [0.3, 0.4) is 0 Å². The molecule has 24 heteroatoms. The summed E-state index contributed by atoms with van der Waals surface area (Å²) in [6, 6.07) is 31.3. The van der Waals surface area contributed by atoms with Gasteiger partial charge in [-0.2, -0.15) is 0 Å². The lowest BCUT2D eigenvalue weighted by atomic mass is 9.87. The first-order valence-corrected chi connectivity index (χ1v) is 32.1. The van der Waals surface area contributed by atoms with Gasteiger partial charge in [-0.25, -0.2) is 14.4 Å². The van der Waals surface area contributed by atoms with Crippen molar-refractivity contribution in [1.82, 2.24) is 35.6 Å². The molecule has 0 aliphatic carbocycles. The van der Waals surface area contributed by atoms with E-state index in [1.807, 2.05) is 12.1 Å². The van der Waals surface area contributed by atoms with E-state index in [1.54, 1.807) is 115 Å². The number of benzene rings is 5. The Bertz CT molecular complexity index is 3560. The largest absolute Gasteiger partial charge is 0.493 e. The lowest BCUT2D eigenvalue weighted by Crippen LogP contribution is -2.57. The molecule has 8 rings (SSSR count). The Balaban J connectivity index is 1.10. The molecule has 3 aliphatic heterocycles. The molecule has 2 saturated heterocycles. The van der Waals surface area contributed by atoms with Crippen molar-refractivity contribution >= 4 is 59.3 Å². The van der Waals surface area contributed by atoms with Crippen LogP contribution < -0.4 is 34.9 Å². The number of nitrogens with one attached hydrogen (secondary N) is 3. The van der Waals surface area contributed by atoms with Gasteiger partial charge in [-0.3, -0.25) is 33.6 Å². The van der Waals surface area contributed by atoms with Gasteiger partial charge in [-0.1, -0.05) is 97.1 Å². The second kappa shape index (κ2) is 34.9. The molecule has 3 N–H and O–H groups in total. The molecule has 3 aliphatic rings. The number of likely N-dealkylation sites (N-methyl/N-ethyl adjacent to an activating group) is 2. The van der Waals surface area contributed by atoms with Crippen LogP contribution >= 0.6 is 0 Å². The molecule has 5 aromatic carbocycles. The van der Waals surface area contributed by atoms with Crippen molar-refractivity contribution in [2.24, 2.45) is 5.41 Å². The lowest BCUT2D eigenvalue weighted by molar-refractivity contribution is -0.165. The first-order chi connectivity index (χ1) is 46.2. The minimum atomic E-state index is -1.53. The average molecular weight is 1320 g/mol. The monoisotopic (exact) mass is 1320 g/mol. The smallest absolute Gasteiger partial charge is 0.415 e. The molecule has 96 heavy (non-hydrogen) atoms. The summed E-state index contributed by atoms with van der Waals surface area (Å²) in [5.41, 5.74) is 1.67. The third-order valence-corrected chi connectivity index (χ3v) is 16.7. The number of methoxy groups -OCH3 is 2. The molecule has 5 atom stereocenters. The molecule has 0 unspecified atom stereocenters. The van der Waals surface area contributed by atoms with E-state index in [1.165, 1.54) is 62.9 Å². The number of ketones is 1. The normalized spacial score (nSPS) is 21.6. The lowest BCUT2D eigenvalue weighted by Gasteiger charge is -2.36. The van der Waals surface area contributed by atoms with Gasteiger partial charge >= 0.3 is 18.0 Å². The average Bonchev–Trinajstić information content (AvgIpc) is 0.821. The van der Waals surface area contributed by atoms with Crippen LogP contribution in [0.5, 0.6) is 23.0 Å². The number of cyclic esters (lactones) is 2. The predicted octanol–water partition coefficient (Wildman–Crippen LogP) is 5.71. The number of esters is 2. The maximum atomic E-state index is 14.9. The molecule has 0 aromatic heterocycles. The van der Waals surface area contributed by atoms with Crippen molar-refractivity contribution in [2.45, 2.75) is 102 Å². The molecule has 3 heterocycles. The maximum absolute atomic E-state index is 14.9. The Hall–Kier alpha value is -10.1. The Kier molecular flexibility index (Phi) is 26.1. The molecule has 24 nitrogen and oxygen atoms in total. The van der Waals surface area contributed by atoms with E-state index < -0.39 is 115 Å². The molecule has 510 valence electrons. The van der Waals surface area contributed by atoms with Gasteiger partial charge in [0.1, 0.15) is 48.4 Å². The summed E-state index contributed by atoms with van der Waals surface area (Å²) in [5.74, 6) is -5.34. The Morgan fingerprint density at radius 3 is 1.93 bits per heavy atom. The number of amides is 7. The second-order valence-electron chi connectivity index (χ2n) is 24.5. The van der Waals surface area contributed by atoms with Gasteiger partial charge in [-0.15, -0.1) is 0 Å². The van der Waals surface area contributed by atoms with Crippen LogP contribution in [0.1, 0.15) is 79.9 Å². The Morgan fingerprint density at radius 2 is 1.25 bits per heavy atom. The van der Waals surface area contributed by atoms with Gasteiger partial charge in [-0.05, 0) is 117 Å². The predicted molar refractivity (Wildman–Crippen MR) is 351 cm³/mol. The number of nitrogens with zero attached hydrogens (tertiary/aromatic N) is 4. The summed E-state index contributed by atoms with van der Waals surface area (Å²) in [6.07, 6.45) is 2.97. The van der Waals surface area contributed by atoms with Gasteiger partial charge in [0.15, 0.2) is 18.1 Å². The Morgan fingerprint density at radius 1 is 0.625 bits per heavy atom. The quantitative estimate of drug-likeness (QED) is 0.0996. The van der Waals surface area contributed by atoms with Crippen LogP contribution in [-0.4, -0.2) is 190 Å². The fraction of sp³-hybridized carbons (Fsp3) is 0.417. The molecule has 2 fully saturated rings. The summed E-state index contributed by atoms with van der Waals surface area (Å²) < 4.78 is 40.0. The second-order valence-corrected chi connectivity index (χ2v) is 24.5. The number of carbonyl (C=O) groups excluding carboxylic acids is 10. The number of fused-ring (bicyclic) bond motifs is 3. The minimum absolute atomic E-state index is 0.0356. The molecule has 0 saturated carbocycles. The van der Waals surface area contributed by atoms with Crippen molar-refractivity contribution < 1.29 is 81.1 Å². The van der Waals surface area contributed by atoms with Crippen molar-refractivity contribution in [3.63, 3.8) is 0 Å². The molecular weight excluding hydrogens is 1230 g/mol. The highest BCUT2D eigenvalue weighted by Gasteiger charge is 2.43. The topological polar surface area (TPSA) is 284 Å². The summed E-state index contributed by atoms with van der Waals surface area (Å²) in [7, 11) is 5.97. The Labute approximate surface area is 558 Å². The van der Waals surface area contributed by atoms with Crippen molar-refractivity contribution in [2.75, 3.05) is 87.5 Å². The van der Waals surface area contributed by atoms with E-state index in [4.69, 9.17) is 33.2 Å². The summed E-state index contributed by atoms with van der Waals surface area (Å²) in [6.45, 7) is 2.93. The number of morpholine rings is 1. The summed E-state index contributed by atoms with van der Waals surface area (Å²) >= 11 is 0. The SMILES string of the molecule is COc1ccc(CC[C@H]2OC(=O)[C@@H]3CCCCN3C(=O)C(=O)C(C)(C)COC(=O)/C=C/CCN(C)C(=O)[C@@H](Cc3ccccc3)NC(=O)CN(C)C(=O)[C@@H](Cc3ccccc3)NC(=O)[C@H](Cc3ccc(OC(=O)N4CCOCC4)cc3)NC(=O)COc3cccc2c3)cc1OC. The van der Waals surface area contributed by atoms with E-state index in [9.17, 15) is 47.9 Å². The number of ether oxygens (including phenoxy) is 7. The fourth-order valence-electron chi connectivity index (χ4n) is 11.3. The highest BCUT2D eigenvalue weighted by Crippen LogP contribution is 2.33. The first-order valence-electron chi connectivity index (χ1n) is 32.1. The third-order valence-electron chi connectivity index (χ3n) is 16.7. The van der Waals surface area contributed by atoms with E-state index in [0.717, 1.165) is 22.1 Å². The van der Waals surface area contributed by atoms with Crippen molar-refractivity contribution in [3.8, 4) is 23.0 Å². The standard InChI is InChI=1S/C72H85N7O17/c1-72(2)47-94-64(82)25-14-15-34-76(3)67(85)56(41-48-18-9-7-10-19-48)74-62(80)45-77(4)68(86)57(42-49-20-11-8-12-21-49)75-66(84)55(40-50-26-30-53(31-27-50)95-71(89)78-36-38-92-39-37-78)73-63(81)46-93-54-23-17-22-52(44-54)59(32-28-51-29-33-60(90-5)61(43-51)91-6)96-70(88)58-24-13-16-35-79(58)69(87)65(72)83/h7-12,14,17-23,25-27,29-31,33,43-44,55-59H,13,15-16,24,28,32,34-42,45-47H2,1-6H3,(H,73,81)(H,74,80)(H,75,84)/b25-14+/t55-,56+,57+,58-,59+/m0/s1. The molecule has 0 radical (unpaired) electrons. The zero-order chi connectivity index (χ0) is 68.7. The van der Waals surface area contributed by atoms with Crippen LogP contribution in [0, 0.1) is 5.41 Å². The van der Waals surface area contributed by atoms with Crippen molar-refractivity contribution in [1.29, 1.82) is 0 Å². The van der Waals surface area contributed by atoms with E-state index >= 15 is 0 Å². The third kappa shape index (κ3) is 20.7. The highest BCUT2D eigenvalue weighted by atomic mass is 16.6. The molecule has 2 bridgehead atoms. The first kappa shape index (κ1) is 71.7. The van der Waals surface area contributed by atoms with Crippen LogP contribution in [0.4, 0.5) is 4.79 Å². The van der Waals surface area contributed by atoms with E-state index in [2.05, 4.69) is 16.0 Å². The highest BCUT2D eigenvalue weighted by molar-refractivity contribution is 6.38. The number of rotatable bonds is 12. The van der Waals surface area contributed by atoms with Crippen molar-refractivity contribution in [3.05, 3.63) is 167 Å².